The van der Waals surface area contributed by atoms with Crippen LogP contribution in [-0.2, 0) is 27.6 Å². The van der Waals surface area contributed by atoms with Gasteiger partial charge in [0, 0.05) is 101 Å². The quantitative estimate of drug-likeness (QED) is 0.0739. The average Bonchev–Trinajstić information content (AvgIpc) is 3.35. The van der Waals surface area contributed by atoms with Crippen molar-refractivity contribution in [1.82, 2.24) is 34.6 Å². The highest BCUT2D eigenvalue weighted by Crippen LogP contribution is 2.42. The fraction of sp³-hybridized carbons (Fsp3) is 0.490. The van der Waals surface area contributed by atoms with Gasteiger partial charge in [0.05, 0.1) is 51.4 Å². The molecular formula is C51H63BrF2N11O5P. The Morgan fingerprint density at radius 3 is 2.24 bits per heavy atom. The second-order valence-electron chi connectivity index (χ2n) is 19.7. The van der Waals surface area contributed by atoms with Crippen LogP contribution in [0.5, 0.6) is 5.75 Å². The minimum atomic E-state index is -2.92. The molecule has 1 atom stereocenters. The van der Waals surface area contributed by atoms with Crippen molar-refractivity contribution in [1.29, 1.82) is 0 Å². The number of ether oxygens (including phenoxy) is 1. The van der Waals surface area contributed by atoms with Crippen LogP contribution in [0.4, 0.5) is 43.3 Å². The van der Waals surface area contributed by atoms with Gasteiger partial charge in [-0.1, -0.05) is 6.92 Å². The van der Waals surface area contributed by atoms with Gasteiger partial charge in [0.1, 0.15) is 30.3 Å². The predicted molar refractivity (Wildman–Crippen MR) is 279 cm³/mol. The van der Waals surface area contributed by atoms with Crippen molar-refractivity contribution >= 4 is 85.6 Å². The number of benzene rings is 3. The number of piperazine rings is 1. The van der Waals surface area contributed by atoms with Gasteiger partial charge in [-0.15, -0.1) is 0 Å². The number of aryl methyl sites for hydroxylation is 2. The van der Waals surface area contributed by atoms with Crippen molar-refractivity contribution in [2.45, 2.75) is 70.3 Å². The smallest absolute Gasteiger partial charge is 0.260 e. The number of nitrogens with one attached hydrogen (secondary N) is 3. The van der Waals surface area contributed by atoms with Crippen molar-refractivity contribution < 1.29 is 27.7 Å². The van der Waals surface area contributed by atoms with Gasteiger partial charge in [-0.05, 0) is 123 Å². The summed E-state index contributed by atoms with van der Waals surface area (Å²) in [5.74, 6) is -1.51. The SMILES string of the molecule is CCc1cc(Nc2ncc(Br)c(Nc3ccc4c(=O)n(C)cnc4c3P(C)(C)=O)n2)c(OC)cc1N1CCC(N2CCN(CCC3CCN(c4cc(F)c(C5CCC(=O)NC5=O)c(F)c4)CC3)CC2)CC1. The monoisotopic (exact) mass is 1060 g/mol. The van der Waals surface area contributed by atoms with Crippen LogP contribution < -0.4 is 41.4 Å². The zero-order valence-corrected chi connectivity index (χ0v) is 43.6. The van der Waals surface area contributed by atoms with E-state index in [1.165, 1.54) is 34.3 Å². The summed E-state index contributed by atoms with van der Waals surface area (Å²) in [5, 5.41) is 9.79. The summed E-state index contributed by atoms with van der Waals surface area (Å²) in [5.41, 5.74) is 4.06. The zero-order valence-electron chi connectivity index (χ0n) is 41.1. The maximum Gasteiger partial charge on any atom is 0.260 e. The molecule has 378 valence electrons. The summed E-state index contributed by atoms with van der Waals surface area (Å²) in [7, 11) is 0.380. The molecule has 16 nitrogen and oxygen atoms in total. The number of carbonyl (C=O) groups is 2. The van der Waals surface area contributed by atoms with E-state index >= 15 is 8.78 Å². The molecule has 4 aliphatic heterocycles. The van der Waals surface area contributed by atoms with E-state index < -0.39 is 36.5 Å². The lowest BCUT2D eigenvalue weighted by atomic mass is 9.89. The highest BCUT2D eigenvalue weighted by atomic mass is 79.9. The summed E-state index contributed by atoms with van der Waals surface area (Å²) >= 11 is 3.58. The number of rotatable bonds is 14. The lowest BCUT2D eigenvalue weighted by Crippen LogP contribution is -2.53. The third kappa shape index (κ3) is 11.0. The standard InChI is InChI=1S/C51H63BrF2N11O5P/c1-6-32-25-41(58-51-55-29-37(52)48(60-51)57-40-9-7-36-46(47(40)71(4,5)69)56-30-61(2)50(36)68)43(70-3)28-42(32)65-19-14-33(15-20-65)64-23-21-62(22-24-64)16-11-31-12-17-63(18-13-31)34-26-38(53)45(39(54)27-34)35-8-10-44(66)59-49(35)67/h7,9,25-31,33,35H,6,8,10-24H2,1-5H3,(H,59,66,67)(H2,55,57,58,60). The molecule has 3 N–H and O–H groups in total. The molecule has 9 rings (SSSR count). The zero-order chi connectivity index (χ0) is 50.1. The highest BCUT2D eigenvalue weighted by Gasteiger charge is 2.34. The molecule has 3 aromatic carbocycles. The van der Waals surface area contributed by atoms with Crippen molar-refractivity contribution in [3.05, 3.63) is 86.5 Å². The highest BCUT2D eigenvalue weighted by molar-refractivity contribution is 9.10. The van der Waals surface area contributed by atoms with Gasteiger partial charge in [0.15, 0.2) is 0 Å². The minimum absolute atomic E-state index is 0.0667. The Labute approximate surface area is 421 Å². The number of imide groups is 1. The van der Waals surface area contributed by atoms with Gasteiger partial charge < -0.3 is 39.2 Å². The Bertz CT molecular complexity index is 2910. The normalized spacial score (nSPS) is 19.1. The maximum atomic E-state index is 15.2. The van der Waals surface area contributed by atoms with E-state index in [0.29, 0.717) is 61.5 Å². The molecule has 2 amide bonds. The number of nitrogens with zero attached hydrogens (tertiary/aromatic N) is 8. The number of methoxy groups -OCH3 is 1. The summed E-state index contributed by atoms with van der Waals surface area (Å²) in [6.07, 6.45) is 9.27. The molecule has 4 fully saturated rings. The number of piperidine rings is 3. The van der Waals surface area contributed by atoms with Gasteiger partial charge in [-0.3, -0.25) is 24.6 Å². The largest absolute Gasteiger partial charge is 0.494 e. The van der Waals surface area contributed by atoms with Gasteiger partial charge in [0.25, 0.3) is 5.56 Å². The number of hydrogen-bond acceptors (Lipinski definition) is 14. The average molecular weight is 1060 g/mol. The third-order valence-electron chi connectivity index (χ3n) is 14.8. The molecule has 1 unspecified atom stereocenters. The molecule has 4 saturated heterocycles. The molecule has 2 aromatic heterocycles. The van der Waals surface area contributed by atoms with Crippen LogP contribution in [0.1, 0.15) is 68.9 Å². The lowest BCUT2D eigenvalue weighted by Gasteiger charge is -2.44. The fourth-order valence-corrected chi connectivity index (χ4v) is 12.6. The molecule has 0 saturated carbocycles. The second kappa shape index (κ2) is 21.3. The van der Waals surface area contributed by atoms with Crippen molar-refractivity contribution in [3.63, 3.8) is 0 Å². The van der Waals surface area contributed by atoms with Crippen LogP contribution in [0, 0.1) is 17.6 Å². The molecular weight excluding hydrogens is 996 g/mol. The Kier molecular flexibility index (Phi) is 15.1. The predicted octanol–water partition coefficient (Wildman–Crippen LogP) is 7.48. The van der Waals surface area contributed by atoms with Crippen molar-refractivity contribution in [2.24, 2.45) is 13.0 Å². The first-order valence-corrected chi connectivity index (χ1v) is 28.1. The second-order valence-corrected chi connectivity index (χ2v) is 23.7. The first-order chi connectivity index (χ1) is 34.1. The maximum absolute atomic E-state index is 15.2. The van der Waals surface area contributed by atoms with Gasteiger partial charge in [-0.25, -0.2) is 18.7 Å². The molecule has 71 heavy (non-hydrogen) atoms. The Morgan fingerprint density at radius 2 is 1.58 bits per heavy atom. The molecule has 4 aliphatic rings. The van der Waals surface area contributed by atoms with E-state index in [0.717, 1.165) is 103 Å². The van der Waals surface area contributed by atoms with E-state index in [1.807, 2.05) is 4.90 Å². The number of aromatic nitrogens is 4. The fourth-order valence-electron chi connectivity index (χ4n) is 10.9. The van der Waals surface area contributed by atoms with Crippen LogP contribution >= 0.6 is 23.1 Å². The van der Waals surface area contributed by atoms with Gasteiger partial charge >= 0.3 is 0 Å². The van der Waals surface area contributed by atoms with E-state index in [-0.39, 0.29) is 24.0 Å². The van der Waals surface area contributed by atoms with E-state index in [1.54, 1.807) is 45.8 Å². The number of fused-ring (bicyclic) bond motifs is 1. The van der Waals surface area contributed by atoms with Crippen LogP contribution in [0.15, 0.2) is 58.2 Å². The number of carbonyl (C=O) groups excluding carboxylic acids is 2. The van der Waals surface area contributed by atoms with Crippen LogP contribution in [0.3, 0.4) is 0 Å². The molecule has 0 bridgehead atoms. The molecule has 20 heteroatoms. The molecule has 0 aliphatic carbocycles. The van der Waals surface area contributed by atoms with Crippen LogP contribution in [0.2, 0.25) is 0 Å². The Hall–Kier alpha value is -5.49. The number of hydrogen-bond donors (Lipinski definition) is 3. The van der Waals surface area contributed by atoms with Crippen LogP contribution in [0.25, 0.3) is 10.9 Å². The van der Waals surface area contributed by atoms with Crippen molar-refractivity contribution in [2.75, 3.05) is 99.8 Å². The number of halogens is 3. The Morgan fingerprint density at radius 1 is 0.873 bits per heavy atom. The van der Waals surface area contributed by atoms with E-state index in [9.17, 15) is 18.9 Å². The summed E-state index contributed by atoms with van der Waals surface area (Å²) < 4.78 is 52.1. The molecule has 0 radical (unpaired) electrons. The summed E-state index contributed by atoms with van der Waals surface area (Å²) in [6, 6.07) is 10.9. The molecule has 0 spiro atoms. The van der Waals surface area contributed by atoms with E-state index in [2.05, 4.69) is 75.6 Å². The number of amides is 2. The van der Waals surface area contributed by atoms with Crippen LogP contribution in [-0.4, -0.2) is 127 Å². The third-order valence-corrected chi connectivity index (χ3v) is 16.9. The first kappa shape index (κ1) is 50.5. The van der Waals surface area contributed by atoms with E-state index in [4.69, 9.17) is 9.72 Å². The molecule has 6 heterocycles. The summed E-state index contributed by atoms with van der Waals surface area (Å²) in [4.78, 5) is 60.4. The molecule has 5 aromatic rings. The van der Waals surface area contributed by atoms with Gasteiger partial charge in [0.2, 0.25) is 17.8 Å². The topological polar surface area (TPSA) is 170 Å². The minimum Gasteiger partial charge on any atom is -0.494 e. The Balaban J connectivity index is 0.758. The lowest BCUT2D eigenvalue weighted by molar-refractivity contribution is -0.134. The van der Waals surface area contributed by atoms with Gasteiger partial charge in [-0.2, -0.15) is 4.98 Å². The van der Waals surface area contributed by atoms with Crippen molar-refractivity contribution in [3.8, 4) is 5.75 Å². The number of anilines is 6. The summed E-state index contributed by atoms with van der Waals surface area (Å²) in [6.45, 7) is 14.1. The first-order valence-electron chi connectivity index (χ1n) is 24.7.